The standard InChI is InChI=1S/C16H19N5/c1-3-21-11-14(10-18-21)13(2)19-15-5-4-6-16(9-15)20-8-7-17-12-20/h4-13,19H,3H2,1-2H3. The van der Waals surface area contributed by atoms with Crippen LogP contribution in [0.3, 0.4) is 0 Å². The summed E-state index contributed by atoms with van der Waals surface area (Å²) in [6.07, 6.45) is 9.52. The van der Waals surface area contributed by atoms with E-state index in [1.54, 1.807) is 12.5 Å². The van der Waals surface area contributed by atoms with Gasteiger partial charge in [0.25, 0.3) is 0 Å². The van der Waals surface area contributed by atoms with E-state index in [4.69, 9.17) is 0 Å². The van der Waals surface area contributed by atoms with Crippen molar-refractivity contribution in [1.29, 1.82) is 0 Å². The second kappa shape index (κ2) is 5.83. The third kappa shape index (κ3) is 2.97. The van der Waals surface area contributed by atoms with Gasteiger partial charge in [-0.2, -0.15) is 5.10 Å². The first-order chi connectivity index (χ1) is 10.3. The molecule has 0 spiro atoms. The molecule has 0 aliphatic carbocycles. The maximum Gasteiger partial charge on any atom is 0.0991 e. The smallest absolute Gasteiger partial charge is 0.0991 e. The monoisotopic (exact) mass is 281 g/mol. The normalized spacial score (nSPS) is 12.3. The van der Waals surface area contributed by atoms with Crippen molar-refractivity contribution < 1.29 is 0 Å². The Hall–Kier alpha value is -2.56. The van der Waals surface area contributed by atoms with Crippen LogP contribution in [0.1, 0.15) is 25.5 Å². The molecule has 21 heavy (non-hydrogen) atoms. The molecule has 0 aliphatic heterocycles. The summed E-state index contributed by atoms with van der Waals surface area (Å²) in [5.41, 5.74) is 3.36. The fraction of sp³-hybridized carbons (Fsp3) is 0.250. The molecule has 2 aromatic heterocycles. The fourth-order valence-electron chi connectivity index (χ4n) is 2.28. The first-order valence-electron chi connectivity index (χ1n) is 7.13. The van der Waals surface area contributed by atoms with Crippen LogP contribution in [0.25, 0.3) is 5.69 Å². The van der Waals surface area contributed by atoms with Gasteiger partial charge in [0.15, 0.2) is 0 Å². The van der Waals surface area contributed by atoms with Crippen LogP contribution in [0.5, 0.6) is 0 Å². The predicted octanol–water partition coefficient (Wildman–Crippen LogP) is 3.26. The van der Waals surface area contributed by atoms with Gasteiger partial charge in [-0.3, -0.25) is 4.68 Å². The number of nitrogens with zero attached hydrogens (tertiary/aromatic N) is 4. The molecule has 2 heterocycles. The van der Waals surface area contributed by atoms with E-state index >= 15 is 0 Å². The summed E-state index contributed by atoms with van der Waals surface area (Å²) in [5, 5.41) is 7.83. The van der Waals surface area contributed by atoms with Crippen LogP contribution in [-0.4, -0.2) is 19.3 Å². The maximum atomic E-state index is 4.32. The van der Waals surface area contributed by atoms with Gasteiger partial charge in [0, 0.05) is 42.1 Å². The molecular weight excluding hydrogens is 262 g/mol. The summed E-state index contributed by atoms with van der Waals surface area (Å²) >= 11 is 0. The lowest BCUT2D eigenvalue weighted by Crippen LogP contribution is -2.06. The summed E-state index contributed by atoms with van der Waals surface area (Å²) < 4.78 is 3.93. The Labute approximate surface area is 124 Å². The van der Waals surface area contributed by atoms with Crippen LogP contribution < -0.4 is 5.32 Å². The minimum Gasteiger partial charge on any atom is -0.378 e. The van der Waals surface area contributed by atoms with E-state index < -0.39 is 0 Å². The van der Waals surface area contributed by atoms with Crippen LogP contribution in [0.2, 0.25) is 0 Å². The molecule has 3 rings (SSSR count). The lowest BCUT2D eigenvalue weighted by atomic mass is 10.1. The molecule has 0 fully saturated rings. The Kier molecular flexibility index (Phi) is 3.73. The molecule has 5 heteroatoms. The average molecular weight is 281 g/mol. The van der Waals surface area contributed by atoms with Crippen molar-refractivity contribution in [2.45, 2.75) is 26.4 Å². The number of aromatic nitrogens is 4. The molecule has 1 aromatic carbocycles. The number of aryl methyl sites for hydroxylation is 1. The zero-order valence-electron chi connectivity index (χ0n) is 12.3. The Balaban J connectivity index is 1.77. The molecule has 1 atom stereocenters. The van der Waals surface area contributed by atoms with Gasteiger partial charge in [-0.25, -0.2) is 4.98 Å². The summed E-state index contributed by atoms with van der Waals surface area (Å²) in [7, 11) is 0. The van der Waals surface area contributed by atoms with Crippen molar-refractivity contribution in [3.8, 4) is 5.69 Å². The molecule has 108 valence electrons. The molecule has 0 amide bonds. The van der Waals surface area contributed by atoms with E-state index in [9.17, 15) is 0 Å². The molecule has 0 bridgehead atoms. The quantitative estimate of drug-likeness (QED) is 0.781. The lowest BCUT2D eigenvalue weighted by Gasteiger charge is -2.14. The Bertz CT molecular complexity index is 699. The Morgan fingerprint density at radius 1 is 1.33 bits per heavy atom. The second-order valence-electron chi connectivity index (χ2n) is 5.02. The topological polar surface area (TPSA) is 47.7 Å². The van der Waals surface area contributed by atoms with Gasteiger partial charge in [-0.1, -0.05) is 6.07 Å². The number of anilines is 1. The van der Waals surface area contributed by atoms with Gasteiger partial charge in [-0.05, 0) is 32.0 Å². The van der Waals surface area contributed by atoms with Gasteiger partial charge in [0.05, 0.1) is 18.6 Å². The van der Waals surface area contributed by atoms with E-state index in [0.717, 1.165) is 17.9 Å². The summed E-state index contributed by atoms with van der Waals surface area (Å²) in [5.74, 6) is 0. The summed E-state index contributed by atoms with van der Waals surface area (Å²) in [6.45, 7) is 5.12. The third-order valence-corrected chi connectivity index (χ3v) is 3.51. The maximum absolute atomic E-state index is 4.32. The molecule has 3 aromatic rings. The molecule has 0 radical (unpaired) electrons. The van der Waals surface area contributed by atoms with Crippen molar-refractivity contribution in [3.63, 3.8) is 0 Å². The van der Waals surface area contributed by atoms with Gasteiger partial charge in [0.2, 0.25) is 0 Å². The van der Waals surface area contributed by atoms with Crippen LogP contribution in [-0.2, 0) is 6.54 Å². The Morgan fingerprint density at radius 3 is 2.95 bits per heavy atom. The van der Waals surface area contributed by atoms with E-state index in [2.05, 4.69) is 53.6 Å². The average Bonchev–Trinajstić information content (AvgIpc) is 3.19. The first kappa shape index (κ1) is 13.4. The van der Waals surface area contributed by atoms with Crippen LogP contribution in [0, 0.1) is 0 Å². The van der Waals surface area contributed by atoms with E-state index in [1.807, 2.05) is 27.7 Å². The minimum absolute atomic E-state index is 0.211. The number of imidazole rings is 1. The van der Waals surface area contributed by atoms with Crippen molar-refractivity contribution in [1.82, 2.24) is 19.3 Å². The van der Waals surface area contributed by atoms with Crippen LogP contribution in [0.15, 0.2) is 55.4 Å². The molecule has 0 aliphatic rings. The highest BCUT2D eigenvalue weighted by Gasteiger charge is 2.08. The van der Waals surface area contributed by atoms with Crippen LogP contribution >= 0.6 is 0 Å². The van der Waals surface area contributed by atoms with Crippen LogP contribution in [0.4, 0.5) is 5.69 Å². The molecule has 1 unspecified atom stereocenters. The molecule has 0 saturated heterocycles. The first-order valence-corrected chi connectivity index (χ1v) is 7.13. The molecule has 1 N–H and O–H groups in total. The number of hydrogen-bond acceptors (Lipinski definition) is 3. The van der Waals surface area contributed by atoms with E-state index in [-0.39, 0.29) is 6.04 Å². The Morgan fingerprint density at radius 2 is 2.24 bits per heavy atom. The summed E-state index contributed by atoms with van der Waals surface area (Å²) in [6, 6.07) is 8.50. The number of rotatable bonds is 5. The highest BCUT2D eigenvalue weighted by molar-refractivity contribution is 5.52. The van der Waals surface area contributed by atoms with E-state index in [0.29, 0.717) is 0 Å². The predicted molar refractivity (Wildman–Crippen MR) is 83.5 cm³/mol. The van der Waals surface area contributed by atoms with Gasteiger partial charge < -0.3 is 9.88 Å². The number of benzene rings is 1. The molecular formula is C16H19N5. The SMILES string of the molecule is CCn1cc(C(C)Nc2cccc(-n3ccnc3)c2)cn1. The molecule has 5 nitrogen and oxygen atoms in total. The highest BCUT2D eigenvalue weighted by atomic mass is 15.3. The largest absolute Gasteiger partial charge is 0.378 e. The van der Waals surface area contributed by atoms with Gasteiger partial charge in [0.1, 0.15) is 0 Å². The zero-order chi connectivity index (χ0) is 14.7. The molecule has 0 saturated carbocycles. The van der Waals surface area contributed by atoms with E-state index in [1.165, 1.54) is 5.56 Å². The van der Waals surface area contributed by atoms with Crippen molar-refractivity contribution in [2.75, 3.05) is 5.32 Å². The lowest BCUT2D eigenvalue weighted by molar-refractivity contribution is 0.658. The van der Waals surface area contributed by atoms with Gasteiger partial charge >= 0.3 is 0 Å². The zero-order valence-corrected chi connectivity index (χ0v) is 12.3. The van der Waals surface area contributed by atoms with Gasteiger partial charge in [-0.15, -0.1) is 0 Å². The summed E-state index contributed by atoms with van der Waals surface area (Å²) in [4.78, 5) is 4.08. The second-order valence-corrected chi connectivity index (χ2v) is 5.02. The number of hydrogen-bond donors (Lipinski definition) is 1. The highest BCUT2D eigenvalue weighted by Crippen LogP contribution is 2.21. The van der Waals surface area contributed by atoms with Crippen molar-refractivity contribution in [3.05, 3.63) is 60.9 Å². The third-order valence-electron chi connectivity index (χ3n) is 3.51. The fourth-order valence-corrected chi connectivity index (χ4v) is 2.28. The minimum atomic E-state index is 0.211. The van der Waals surface area contributed by atoms with Crippen molar-refractivity contribution in [2.24, 2.45) is 0 Å². The number of nitrogens with one attached hydrogen (secondary N) is 1. The van der Waals surface area contributed by atoms with Crippen molar-refractivity contribution >= 4 is 5.69 Å².